The van der Waals surface area contributed by atoms with Gasteiger partial charge < -0.3 is 45.1 Å². The van der Waals surface area contributed by atoms with Gasteiger partial charge in [-0.05, 0) is 89.9 Å². The lowest BCUT2D eigenvalue weighted by atomic mass is 9.99. The zero-order valence-corrected chi connectivity index (χ0v) is 47.1. The molecule has 1 saturated heterocycles. The lowest BCUT2D eigenvalue weighted by molar-refractivity contribution is -0.305. The number of hydrogen-bond donors (Lipinski definition) is 6. The summed E-state index contributed by atoms with van der Waals surface area (Å²) in [6, 6.07) is -1.05. The zero-order chi connectivity index (χ0) is 54.7. The molecule has 0 aromatic heterocycles. The molecule has 1 aliphatic rings. The quantitative estimate of drug-likeness (QED) is 0.0149. The van der Waals surface area contributed by atoms with Gasteiger partial charge in [0.15, 0.2) is 12.4 Å². The second-order valence-electron chi connectivity index (χ2n) is 20.1. The third kappa shape index (κ3) is 39.4. The van der Waals surface area contributed by atoms with E-state index in [0.717, 1.165) is 109 Å². The van der Waals surface area contributed by atoms with E-state index in [0.29, 0.717) is 12.8 Å². The first-order valence-corrected chi connectivity index (χ1v) is 29.7. The summed E-state index contributed by atoms with van der Waals surface area (Å²) in [5, 5.41) is 56.8. The highest BCUT2D eigenvalue weighted by Crippen LogP contribution is 2.26. The summed E-state index contributed by atoms with van der Waals surface area (Å²) in [5.41, 5.74) is 0. The van der Waals surface area contributed by atoms with E-state index >= 15 is 0 Å². The summed E-state index contributed by atoms with van der Waals surface area (Å²) >= 11 is 0. The predicted molar refractivity (Wildman–Crippen MR) is 310 cm³/mol. The number of allylic oxidation sites excluding steroid dienone is 17. The summed E-state index contributed by atoms with van der Waals surface area (Å²) in [7, 11) is 0. The first kappa shape index (κ1) is 69.3. The number of carbonyl (C=O) groups is 2. The van der Waals surface area contributed by atoms with E-state index in [1.165, 1.54) is 64.2 Å². The van der Waals surface area contributed by atoms with Gasteiger partial charge in [-0.25, -0.2) is 0 Å². The number of aliphatic hydroxyl groups excluding tert-OH is 5. The maximum Gasteiger partial charge on any atom is 0.306 e. The molecule has 1 fully saturated rings. The van der Waals surface area contributed by atoms with Crippen molar-refractivity contribution < 1.29 is 49.3 Å². The minimum Gasteiger partial charge on any atom is -0.454 e. The molecule has 0 aromatic rings. The number of carbonyl (C=O) groups excluding carboxylic acids is 2. The predicted octanol–water partition coefficient (Wildman–Crippen LogP) is 13.7. The number of rotatable bonds is 48. The van der Waals surface area contributed by atoms with Gasteiger partial charge in [-0.3, -0.25) is 9.59 Å². The third-order valence-corrected chi connectivity index (χ3v) is 13.3. The van der Waals surface area contributed by atoms with Crippen LogP contribution >= 0.6 is 0 Å². The van der Waals surface area contributed by atoms with Crippen molar-refractivity contribution >= 4 is 11.9 Å². The number of aliphatic hydroxyl groups is 5. The summed E-state index contributed by atoms with van der Waals surface area (Å²) in [6.45, 7) is 5.56. The molecular formula is C64H107NO10. The molecule has 0 aliphatic carbocycles. The van der Waals surface area contributed by atoms with E-state index in [1.807, 2.05) is 42.5 Å². The molecule has 1 amide bonds. The lowest BCUT2D eigenvalue weighted by Crippen LogP contribution is -2.61. The van der Waals surface area contributed by atoms with Gasteiger partial charge in [-0.1, -0.05) is 233 Å². The molecule has 6 N–H and O–H groups in total. The average Bonchev–Trinajstić information content (AvgIpc) is 3.41. The molecule has 11 heteroatoms. The Hall–Kier alpha value is -3.68. The normalized spacial score (nSPS) is 20.0. The minimum atomic E-state index is -1.63. The maximum atomic E-state index is 13.4. The van der Waals surface area contributed by atoms with E-state index in [9.17, 15) is 35.1 Å². The van der Waals surface area contributed by atoms with Crippen molar-refractivity contribution in [2.45, 2.75) is 269 Å². The van der Waals surface area contributed by atoms with Crippen LogP contribution in [0.3, 0.4) is 0 Å². The molecule has 428 valence electrons. The van der Waals surface area contributed by atoms with Gasteiger partial charge >= 0.3 is 5.97 Å². The molecule has 1 aliphatic heterocycles. The van der Waals surface area contributed by atoms with E-state index < -0.39 is 67.4 Å². The Morgan fingerprint density at radius 2 is 1.01 bits per heavy atom. The van der Waals surface area contributed by atoms with Crippen molar-refractivity contribution in [3.8, 4) is 0 Å². The Balaban J connectivity index is 2.71. The van der Waals surface area contributed by atoms with Crippen LogP contribution in [-0.4, -0.2) is 99.6 Å². The number of hydrogen-bond acceptors (Lipinski definition) is 10. The summed E-state index contributed by atoms with van der Waals surface area (Å²) in [5.74, 6) is -1.25. The van der Waals surface area contributed by atoms with E-state index in [2.05, 4.69) is 86.8 Å². The molecular weight excluding hydrogens is 943 g/mol. The number of ether oxygens (including phenoxy) is 3. The van der Waals surface area contributed by atoms with Gasteiger partial charge in [-0.15, -0.1) is 0 Å². The van der Waals surface area contributed by atoms with Crippen molar-refractivity contribution in [3.63, 3.8) is 0 Å². The zero-order valence-electron chi connectivity index (χ0n) is 47.1. The Morgan fingerprint density at radius 3 is 1.59 bits per heavy atom. The fourth-order valence-corrected chi connectivity index (χ4v) is 8.53. The maximum absolute atomic E-state index is 13.4. The third-order valence-electron chi connectivity index (χ3n) is 13.3. The van der Waals surface area contributed by atoms with Crippen molar-refractivity contribution in [1.29, 1.82) is 0 Å². The Kier molecular flexibility index (Phi) is 47.2. The van der Waals surface area contributed by atoms with Crippen LogP contribution in [0.5, 0.6) is 0 Å². The average molecular weight is 1050 g/mol. The molecule has 0 spiro atoms. The molecule has 8 unspecified atom stereocenters. The Morgan fingerprint density at radius 1 is 0.547 bits per heavy atom. The molecule has 11 nitrogen and oxygen atoms in total. The smallest absolute Gasteiger partial charge is 0.306 e. The van der Waals surface area contributed by atoms with Crippen LogP contribution in [0.15, 0.2) is 109 Å². The van der Waals surface area contributed by atoms with Crippen molar-refractivity contribution in [2.24, 2.45) is 0 Å². The van der Waals surface area contributed by atoms with Gasteiger partial charge in [0.25, 0.3) is 0 Å². The standard InChI is InChI=1S/C64H107NO10/c1-4-7-10-13-16-19-22-24-26-27-28-29-30-31-32-34-37-40-43-46-49-52-59(69)75-62-61(71)60(70)58(53-66)74-64(62)73-54-55(56(67)50-47-44-41-38-35-21-18-15-12-9-6-3)65-63(72)57(68)51-48-45-42-39-36-33-25-23-20-17-14-11-8-5-2/h8,11,14,16-17,19-20,23-26,28-29,31-33,47,50,55-58,60-62,64,66-68,70-71H,4-7,9-10,12-13,15,18,21-22,27,30,34-46,48-49,51-54H2,1-3H3,(H,65,72)/b11-8+,17-14+,19-16-,23-20+,26-24-,29-28-,32-31-,33-25-,50-47+. The van der Waals surface area contributed by atoms with Crippen molar-refractivity contribution in [3.05, 3.63) is 109 Å². The van der Waals surface area contributed by atoms with Crippen LogP contribution in [0.1, 0.15) is 220 Å². The number of esters is 1. The van der Waals surface area contributed by atoms with Crippen LogP contribution in [0.25, 0.3) is 0 Å². The Bertz CT molecular complexity index is 1630. The topological polar surface area (TPSA) is 175 Å². The summed E-state index contributed by atoms with van der Waals surface area (Å²) < 4.78 is 17.6. The van der Waals surface area contributed by atoms with Crippen LogP contribution in [0.2, 0.25) is 0 Å². The first-order valence-electron chi connectivity index (χ1n) is 29.7. The molecule has 8 atom stereocenters. The minimum absolute atomic E-state index is 0.0932. The van der Waals surface area contributed by atoms with Gasteiger partial charge in [-0.2, -0.15) is 0 Å². The van der Waals surface area contributed by atoms with E-state index in [4.69, 9.17) is 14.2 Å². The highest BCUT2D eigenvalue weighted by Gasteiger charge is 2.47. The first-order chi connectivity index (χ1) is 36.7. The monoisotopic (exact) mass is 1050 g/mol. The van der Waals surface area contributed by atoms with Gasteiger partial charge in [0.2, 0.25) is 5.91 Å². The highest BCUT2D eigenvalue weighted by molar-refractivity contribution is 5.80. The fraction of sp³-hybridized carbons (Fsp3) is 0.688. The second-order valence-corrected chi connectivity index (χ2v) is 20.1. The van der Waals surface area contributed by atoms with Crippen LogP contribution in [-0.2, 0) is 23.8 Å². The molecule has 1 heterocycles. The lowest BCUT2D eigenvalue weighted by Gasteiger charge is -2.41. The van der Waals surface area contributed by atoms with Crippen LogP contribution < -0.4 is 5.32 Å². The molecule has 1 rings (SSSR count). The second kappa shape index (κ2) is 51.1. The van der Waals surface area contributed by atoms with Gasteiger partial charge in [0, 0.05) is 6.42 Å². The van der Waals surface area contributed by atoms with E-state index in [1.54, 1.807) is 6.08 Å². The number of unbranched alkanes of at least 4 members (excludes halogenated alkanes) is 21. The molecule has 0 radical (unpaired) electrons. The number of nitrogens with one attached hydrogen (secondary N) is 1. The molecule has 75 heavy (non-hydrogen) atoms. The number of amides is 1. The highest BCUT2D eigenvalue weighted by atomic mass is 16.7. The van der Waals surface area contributed by atoms with E-state index in [-0.39, 0.29) is 19.4 Å². The summed E-state index contributed by atoms with van der Waals surface area (Å²) in [4.78, 5) is 26.5. The van der Waals surface area contributed by atoms with Crippen molar-refractivity contribution in [1.82, 2.24) is 5.32 Å². The van der Waals surface area contributed by atoms with Gasteiger partial charge in [0.05, 0.1) is 25.4 Å². The largest absolute Gasteiger partial charge is 0.454 e. The van der Waals surface area contributed by atoms with Crippen molar-refractivity contribution in [2.75, 3.05) is 13.2 Å². The molecule has 0 bridgehead atoms. The van der Waals surface area contributed by atoms with Crippen LogP contribution in [0.4, 0.5) is 0 Å². The molecule has 0 saturated carbocycles. The SMILES string of the molecule is CC/C=C/C=C/C=C/C=C\CCCCCCC(O)C(=O)NC(COC1OC(CO)C(O)C(O)C1OC(=O)CCCCCCC/C=C\C/C=C\C/C=C\C/C=C\CCCCC)C(O)/C=C/CCCCCCCCCCC. The Labute approximate surface area is 456 Å². The van der Waals surface area contributed by atoms with Gasteiger partial charge in [0.1, 0.15) is 24.4 Å². The fourth-order valence-electron chi connectivity index (χ4n) is 8.53. The summed E-state index contributed by atoms with van der Waals surface area (Å²) in [6.07, 6.45) is 58.4. The van der Waals surface area contributed by atoms with Crippen LogP contribution in [0, 0.1) is 0 Å². The molecule has 0 aromatic carbocycles.